The van der Waals surface area contributed by atoms with Gasteiger partial charge in [0.15, 0.2) is 0 Å². The zero-order valence-corrected chi connectivity index (χ0v) is 20.3. The number of nitrogens with two attached hydrogens (primary N) is 1. The molecule has 0 aliphatic rings. The molecule has 0 aliphatic heterocycles. The van der Waals surface area contributed by atoms with Gasteiger partial charge in [-0.15, -0.1) is 0 Å². The summed E-state index contributed by atoms with van der Waals surface area (Å²) < 4.78 is 0. The first-order chi connectivity index (χ1) is 15.9. The van der Waals surface area contributed by atoms with E-state index in [2.05, 4.69) is 28.6 Å². The normalized spacial score (nSPS) is 16.3. The van der Waals surface area contributed by atoms with Crippen molar-refractivity contribution in [2.24, 2.45) is 11.7 Å². The molecule has 0 radical (unpaired) electrons. The first kappa shape index (κ1) is 29.2. The fourth-order valence-corrected chi connectivity index (χ4v) is 3.19. The van der Waals surface area contributed by atoms with Crippen molar-refractivity contribution < 1.29 is 34.5 Å². The van der Waals surface area contributed by atoms with Gasteiger partial charge in [0.2, 0.25) is 17.7 Å². The maximum atomic E-state index is 13.0. The summed E-state index contributed by atoms with van der Waals surface area (Å²) in [6.07, 6.45) is -0.866. The Morgan fingerprint density at radius 2 is 1.53 bits per heavy atom. The van der Waals surface area contributed by atoms with Gasteiger partial charge in [-0.25, -0.2) is 4.79 Å². The van der Waals surface area contributed by atoms with Crippen LogP contribution in [0.5, 0.6) is 5.75 Å². The number of carboxylic acids is 1. The highest BCUT2D eigenvalue weighted by Crippen LogP contribution is 2.13. The number of amides is 3. The van der Waals surface area contributed by atoms with Crippen LogP contribution in [0.15, 0.2) is 24.3 Å². The molecule has 6 atom stereocenters. The lowest BCUT2D eigenvalue weighted by Gasteiger charge is -2.27. The Labute approximate surface area is 203 Å². The molecule has 1 aromatic carbocycles. The Bertz CT molecular complexity index is 850. The molecule has 190 valence electrons. The second-order valence-electron chi connectivity index (χ2n) is 8.16. The van der Waals surface area contributed by atoms with Crippen LogP contribution in [-0.2, 0) is 25.6 Å². The molecule has 3 amide bonds. The molecule has 11 nitrogen and oxygen atoms in total. The Morgan fingerprint density at radius 1 is 0.971 bits per heavy atom. The lowest BCUT2D eigenvalue weighted by molar-refractivity contribution is -0.144. The van der Waals surface area contributed by atoms with Crippen LogP contribution < -0.4 is 21.7 Å². The summed E-state index contributed by atoms with van der Waals surface area (Å²) in [5.74, 6) is -3.89. The van der Waals surface area contributed by atoms with Gasteiger partial charge < -0.3 is 37.0 Å². The number of carboxylic acid groups (broad SMARTS) is 1. The van der Waals surface area contributed by atoms with Gasteiger partial charge in [0.05, 0.1) is 12.1 Å². The van der Waals surface area contributed by atoms with Gasteiger partial charge in [0.1, 0.15) is 23.9 Å². The molecule has 12 heteroatoms. The second kappa shape index (κ2) is 13.8. The van der Waals surface area contributed by atoms with Gasteiger partial charge >= 0.3 is 5.97 Å². The molecule has 0 fully saturated rings. The van der Waals surface area contributed by atoms with E-state index < -0.39 is 54.0 Å². The number of rotatable bonds is 13. The minimum Gasteiger partial charge on any atom is -0.508 e. The molecule has 1 rings (SSSR count). The average molecular weight is 499 g/mol. The van der Waals surface area contributed by atoms with E-state index in [1.807, 2.05) is 0 Å². The molecular formula is C22H34N4O7S. The van der Waals surface area contributed by atoms with Crippen molar-refractivity contribution >= 4 is 36.3 Å². The molecule has 8 N–H and O–H groups in total. The molecule has 0 heterocycles. The van der Waals surface area contributed by atoms with Crippen LogP contribution in [0.1, 0.15) is 32.8 Å². The highest BCUT2D eigenvalue weighted by molar-refractivity contribution is 7.80. The number of aliphatic hydroxyl groups is 1. The van der Waals surface area contributed by atoms with Gasteiger partial charge in [-0.2, -0.15) is 12.6 Å². The van der Waals surface area contributed by atoms with Crippen molar-refractivity contribution in [1.29, 1.82) is 0 Å². The van der Waals surface area contributed by atoms with Crippen LogP contribution in [0, 0.1) is 5.92 Å². The maximum absolute atomic E-state index is 13.0. The molecular weight excluding hydrogens is 464 g/mol. The number of hydrogen-bond donors (Lipinski definition) is 8. The summed E-state index contributed by atoms with van der Waals surface area (Å²) in [5.41, 5.74) is 6.18. The van der Waals surface area contributed by atoms with Crippen LogP contribution in [0.4, 0.5) is 0 Å². The van der Waals surface area contributed by atoms with E-state index in [4.69, 9.17) is 5.73 Å². The third kappa shape index (κ3) is 8.84. The number of aliphatic hydroxyl groups excluding tert-OH is 1. The van der Waals surface area contributed by atoms with Crippen molar-refractivity contribution in [1.82, 2.24) is 16.0 Å². The van der Waals surface area contributed by atoms with E-state index in [0.717, 1.165) is 0 Å². The third-order valence-electron chi connectivity index (χ3n) is 5.38. The van der Waals surface area contributed by atoms with Crippen molar-refractivity contribution in [3.63, 3.8) is 0 Å². The number of phenolic OH excluding ortho intramolecular Hbond substituents is 1. The molecule has 0 saturated heterocycles. The number of thiol groups is 1. The first-order valence-corrected chi connectivity index (χ1v) is 11.5. The standard InChI is InChI=1S/C22H34N4O7S/c1-4-11(2)17(22(32)33)25-20(30)16(9-13-5-7-14(28)8-6-13)24-21(31)18(12(3)27)26-19(29)15(23)10-34/h5-8,11-12,15-18,27-28,34H,4,9-10,23H2,1-3H3,(H,24,31)(H,25,30)(H,26,29)(H,32,33). The molecule has 1 aromatic rings. The topological polar surface area (TPSA) is 191 Å². The monoisotopic (exact) mass is 498 g/mol. The lowest BCUT2D eigenvalue weighted by Crippen LogP contribution is -2.60. The number of carbonyl (C=O) groups excluding carboxylic acids is 3. The fourth-order valence-electron chi connectivity index (χ4n) is 3.02. The van der Waals surface area contributed by atoms with Gasteiger partial charge in [0, 0.05) is 12.2 Å². The smallest absolute Gasteiger partial charge is 0.326 e. The number of aromatic hydroxyl groups is 1. The summed E-state index contributed by atoms with van der Waals surface area (Å²) in [6, 6.07) is 1.05. The van der Waals surface area contributed by atoms with E-state index in [9.17, 15) is 34.5 Å². The number of nitrogens with one attached hydrogen (secondary N) is 3. The van der Waals surface area contributed by atoms with Crippen molar-refractivity contribution in [3.05, 3.63) is 29.8 Å². The summed E-state index contributed by atoms with van der Waals surface area (Å²) >= 11 is 3.93. The Kier molecular flexibility index (Phi) is 11.8. The summed E-state index contributed by atoms with van der Waals surface area (Å²) in [4.78, 5) is 49.7. The highest BCUT2D eigenvalue weighted by atomic mass is 32.1. The number of aliphatic carboxylic acids is 1. The van der Waals surface area contributed by atoms with Gasteiger partial charge in [-0.3, -0.25) is 14.4 Å². The van der Waals surface area contributed by atoms with Crippen molar-refractivity contribution in [2.45, 2.75) is 63.9 Å². The molecule has 0 aliphatic carbocycles. The molecule has 0 bridgehead atoms. The zero-order valence-electron chi connectivity index (χ0n) is 19.4. The predicted octanol–water partition coefficient (Wildman–Crippen LogP) is -0.842. The Hall–Kier alpha value is -2.83. The SMILES string of the molecule is CCC(C)C(NC(=O)C(Cc1ccc(O)cc1)NC(=O)C(NC(=O)C(N)CS)C(C)O)C(=O)O. The van der Waals surface area contributed by atoms with E-state index in [-0.39, 0.29) is 23.8 Å². The highest BCUT2D eigenvalue weighted by Gasteiger charge is 2.33. The number of hydrogen-bond acceptors (Lipinski definition) is 8. The van der Waals surface area contributed by atoms with E-state index in [0.29, 0.717) is 12.0 Å². The first-order valence-electron chi connectivity index (χ1n) is 10.9. The van der Waals surface area contributed by atoms with Crippen LogP contribution in [0.2, 0.25) is 0 Å². The average Bonchev–Trinajstić information content (AvgIpc) is 2.79. The van der Waals surface area contributed by atoms with E-state index in [1.165, 1.54) is 19.1 Å². The number of carbonyl (C=O) groups is 4. The fraction of sp³-hybridized carbons (Fsp3) is 0.545. The molecule has 0 spiro atoms. The Morgan fingerprint density at radius 3 is 2.00 bits per heavy atom. The van der Waals surface area contributed by atoms with Crippen LogP contribution in [0.3, 0.4) is 0 Å². The summed E-state index contributed by atoms with van der Waals surface area (Å²) in [7, 11) is 0. The lowest BCUT2D eigenvalue weighted by atomic mass is 9.98. The van der Waals surface area contributed by atoms with Crippen molar-refractivity contribution in [3.8, 4) is 5.75 Å². The minimum absolute atomic E-state index is 0.00825. The second-order valence-corrected chi connectivity index (χ2v) is 8.52. The van der Waals surface area contributed by atoms with Crippen LogP contribution in [0.25, 0.3) is 0 Å². The zero-order chi connectivity index (χ0) is 26.0. The predicted molar refractivity (Wildman–Crippen MR) is 128 cm³/mol. The summed E-state index contributed by atoms with van der Waals surface area (Å²) in [6.45, 7) is 4.75. The molecule has 34 heavy (non-hydrogen) atoms. The third-order valence-corrected chi connectivity index (χ3v) is 5.78. The largest absolute Gasteiger partial charge is 0.508 e. The minimum atomic E-state index is -1.42. The van der Waals surface area contributed by atoms with Crippen molar-refractivity contribution in [2.75, 3.05) is 5.75 Å². The Balaban J connectivity index is 3.16. The van der Waals surface area contributed by atoms with Gasteiger partial charge in [-0.05, 0) is 30.5 Å². The number of phenols is 1. The van der Waals surface area contributed by atoms with Crippen LogP contribution in [-0.4, -0.2) is 75.0 Å². The molecule has 0 saturated carbocycles. The van der Waals surface area contributed by atoms with E-state index >= 15 is 0 Å². The number of benzene rings is 1. The molecule has 0 aromatic heterocycles. The van der Waals surface area contributed by atoms with Gasteiger partial charge in [0.25, 0.3) is 0 Å². The van der Waals surface area contributed by atoms with Gasteiger partial charge in [-0.1, -0.05) is 32.4 Å². The molecule has 6 unspecified atom stereocenters. The maximum Gasteiger partial charge on any atom is 0.326 e. The summed E-state index contributed by atoms with van der Waals surface area (Å²) in [5, 5.41) is 36.3. The van der Waals surface area contributed by atoms with Crippen LogP contribution >= 0.6 is 12.6 Å². The van der Waals surface area contributed by atoms with E-state index in [1.54, 1.807) is 26.0 Å². The quantitative estimate of drug-likeness (QED) is 0.161.